The summed E-state index contributed by atoms with van der Waals surface area (Å²) >= 11 is 0. The van der Waals surface area contributed by atoms with Crippen molar-refractivity contribution in [2.75, 3.05) is 23.4 Å². The number of methoxy groups -OCH3 is 2. The van der Waals surface area contributed by atoms with Gasteiger partial charge in [0.15, 0.2) is 0 Å². The molecule has 0 N–H and O–H groups in total. The normalized spacial score (nSPS) is 14.8. The highest BCUT2D eigenvalue weighted by molar-refractivity contribution is 7.94. The van der Waals surface area contributed by atoms with Gasteiger partial charge in [-0.1, -0.05) is 35.9 Å². The lowest BCUT2D eigenvalue weighted by molar-refractivity contribution is 0.253. The molecule has 8 heteroatoms. The lowest BCUT2D eigenvalue weighted by atomic mass is 10.0. The molecule has 7 nitrogen and oxygen atoms in total. The first-order valence-corrected chi connectivity index (χ1v) is 11.5. The summed E-state index contributed by atoms with van der Waals surface area (Å²) in [6, 6.07) is 16.5. The lowest BCUT2D eigenvalue weighted by Crippen LogP contribution is -2.50. The van der Waals surface area contributed by atoms with E-state index in [0.29, 0.717) is 17.2 Å². The first kappa shape index (κ1) is 21.7. The number of sulfonamides is 1. The summed E-state index contributed by atoms with van der Waals surface area (Å²) < 4.78 is 38.4. The molecule has 4 rings (SSSR count). The van der Waals surface area contributed by atoms with Gasteiger partial charge in [-0.25, -0.2) is 13.2 Å². The molecule has 0 saturated heterocycles. The fraction of sp³-hybridized carbons (Fsp3) is 0.208. The Balaban J connectivity index is 1.90. The van der Waals surface area contributed by atoms with Crippen LogP contribution in [0.1, 0.15) is 16.7 Å². The van der Waals surface area contributed by atoms with Crippen LogP contribution in [0.5, 0.6) is 11.5 Å². The quantitative estimate of drug-likeness (QED) is 0.563. The maximum Gasteiger partial charge on any atom is 0.343 e. The summed E-state index contributed by atoms with van der Waals surface area (Å²) in [5.74, 6) is 0.754. The molecular formula is C24H24N2O5S. The van der Waals surface area contributed by atoms with Gasteiger partial charge in [-0.3, -0.25) is 4.90 Å². The Hall–Kier alpha value is -3.52. The van der Waals surface area contributed by atoms with Gasteiger partial charge >= 0.3 is 6.03 Å². The largest absolute Gasteiger partial charge is 0.497 e. The molecule has 3 aromatic rings. The second-order valence-electron chi connectivity index (χ2n) is 7.61. The Kier molecular flexibility index (Phi) is 5.56. The van der Waals surface area contributed by atoms with Gasteiger partial charge in [-0.05, 0) is 37.1 Å². The Morgan fingerprint density at radius 1 is 0.875 bits per heavy atom. The monoisotopic (exact) mass is 452 g/mol. The molecule has 1 aliphatic heterocycles. The first-order chi connectivity index (χ1) is 15.3. The molecule has 0 aliphatic carbocycles. The summed E-state index contributed by atoms with van der Waals surface area (Å²) in [4.78, 5) is 15.2. The van der Waals surface area contributed by atoms with Crippen molar-refractivity contribution in [2.24, 2.45) is 0 Å². The third-order valence-corrected chi connectivity index (χ3v) is 7.23. The predicted octanol–water partition coefficient (Wildman–Crippen LogP) is 4.66. The molecule has 1 aliphatic rings. The van der Waals surface area contributed by atoms with Crippen LogP contribution in [0.2, 0.25) is 0 Å². The molecule has 0 unspecified atom stereocenters. The summed E-state index contributed by atoms with van der Waals surface area (Å²) in [6.07, 6.45) is 0. The van der Waals surface area contributed by atoms with E-state index in [1.165, 1.54) is 37.3 Å². The number of para-hydroxylation sites is 1. The molecule has 0 saturated carbocycles. The maximum absolute atomic E-state index is 13.7. The highest BCUT2D eigenvalue weighted by Crippen LogP contribution is 2.40. The van der Waals surface area contributed by atoms with Crippen LogP contribution < -0.4 is 18.7 Å². The van der Waals surface area contributed by atoms with Crippen LogP contribution in [0.15, 0.2) is 65.6 Å². The highest BCUT2D eigenvalue weighted by Gasteiger charge is 2.42. The molecule has 0 spiro atoms. The van der Waals surface area contributed by atoms with Gasteiger partial charge in [0.25, 0.3) is 10.0 Å². The zero-order valence-corrected chi connectivity index (χ0v) is 19.1. The van der Waals surface area contributed by atoms with E-state index in [2.05, 4.69) is 0 Å². The second kappa shape index (κ2) is 8.20. The molecule has 0 fully saturated rings. The average Bonchev–Trinajstić information content (AvgIpc) is 2.78. The van der Waals surface area contributed by atoms with Crippen molar-refractivity contribution < 1.29 is 22.7 Å². The number of urea groups is 1. The van der Waals surface area contributed by atoms with Crippen molar-refractivity contribution in [3.8, 4) is 11.5 Å². The van der Waals surface area contributed by atoms with Crippen LogP contribution in [0.4, 0.5) is 16.2 Å². The summed E-state index contributed by atoms with van der Waals surface area (Å²) in [5.41, 5.74) is 3.51. The topological polar surface area (TPSA) is 76.2 Å². The number of benzene rings is 3. The number of aryl methyl sites for hydroxylation is 2. The van der Waals surface area contributed by atoms with Crippen LogP contribution in [0.3, 0.4) is 0 Å². The van der Waals surface area contributed by atoms with Gasteiger partial charge in [0.05, 0.1) is 32.1 Å². The molecule has 0 bridgehead atoms. The highest BCUT2D eigenvalue weighted by atomic mass is 32.2. The predicted molar refractivity (Wildman–Crippen MR) is 123 cm³/mol. The zero-order valence-electron chi connectivity index (χ0n) is 18.3. The van der Waals surface area contributed by atoms with Gasteiger partial charge in [0.2, 0.25) is 0 Å². The van der Waals surface area contributed by atoms with Crippen molar-refractivity contribution in [3.63, 3.8) is 0 Å². The van der Waals surface area contributed by atoms with Crippen molar-refractivity contribution in [1.29, 1.82) is 0 Å². The van der Waals surface area contributed by atoms with E-state index in [9.17, 15) is 13.2 Å². The van der Waals surface area contributed by atoms with Gasteiger partial charge in [-0.15, -0.1) is 0 Å². The minimum Gasteiger partial charge on any atom is -0.497 e. The molecule has 0 aromatic heterocycles. The number of carbonyl (C=O) groups is 1. The van der Waals surface area contributed by atoms with E-state index < -0.39 is 16.1 Å². The Morgan fingerprint density at radius 2 is 1.53 bits per heavy atom. The third-order valence-electron chi connectivity index (χ3n) is 5.48. The van der Waals surface area contributed by atoms with E-state index in [4.69, 9.17) is 9.47 Å². The van der Waals surface area contributed by atoms with Gasteiger partial charge < -0.3 is 9.47 Å². The second-order valence-corrected chi connectivity index (χ2v) is 9.36. The van der Waals surface area contributed by atoms with Gasteiger partial charge in [0, 0.05) is 18.2 Å². The average molecular weight is 453 g/mol. The van der Waals surface area contributed by atoms with Gasteiger partial charge in [-0.2, -0.15) is 4.31 Å². The van der Waals surface area contributed by atoms with Crippen LogP contribution in [0, 0.1) is 13.8 Å². The van der Waals surface area contributed by atoms with Crippen LogP contribution >= 0.6 is 0 Å². The molecule has 0 radical (unpaired) electrons. The first-order valence-electron chi connectivity index (χ1n) is 10.0. The third kappa shape index (κ3) is 3.67. The van der Waals surface area contributed by atoms with E-state index in [-0.39, 0.29) is 17.1 Å². The Bertz CT molecular complexity index is 1280. The van der Waals surface area contributed by atoms with E-state index in [1.54, 1.807) is 24.3 Å². The number of nitrogens with zero attached hydrogens (tertiary/aromatic N) is 2. The lowest BCUT2D eigenvalue weighted by Gasteiger charge is -2.36. The Labute approximate surface area is 187 Å². The summed E-state index contributed by atoms with van der Waals surface area (Å²) in [6.45, 7) is 4.18. The molecule has 3 aromatic carbocycles. The standard InChI is InChI=1S/C24H24N2O5S/c1-16-9-10-17(2)18(11-16)15-25-22-7-5-6-8-23(22)32(28,29)26(24(25)27)19-12-20(30-3)14-21(13-19)31-4/h5-14H,15H2,1-4H3. The minimum absolute atomic E-state index is 0.0618. The van der Waals surface area contributed by atoms with Crippen molar-refractivity contribution in [1.82, 2.24) is 0 Å². The van der Waals surface area contributed by atoms with Crippen molar-refractivity contribution in [3.05, 3.63) is 77.4 Å². The van der Waals surface area contributed by atoms with Crippen LogP contribution in [-0.2, 0) is 16.6 Å². The Morgan fingerprint density at radius 3 is 2.19 bits per heavy atom. The number of hydrogen-bond acceptors (Lipinski definition) is 5. The molecular weight excluding hydrogens is 428 g/mol. The number of carbonyl (C=O) groups excluding carboxylic acids is 1. The molecule has 32 heavy (non-hydrogen) atoms. The number of hydrogen-bond donors (Lipinski definition) is 0. The molecule has 166 valence electrons. The minimum atomic E-state index is -4.15. The number of fused-ring (bicyclic) bond motifs is 1. The van der Waals surface area contributed by atoms with E-state index in [1.807, 2.05) is 32.0 Å². The van der Waals surface area contributed by atoms with Crippen LogP contribution in [0.25, 0.3) is 0 Å². The van der Waals surface area contributed by atoms with Crippen molar-refractivity contribution >= 4 is 27.4 Å². The van der Waals surface area contributed by atoms with Crippen LogP contribution in [-0.4, -0.2) is 28.7 Å². The summed E-state index contributed by atoms with van der Waals surface area (Å²) in [7, 11) is -1.22. The molecule has 2 amide bonds. The fourth-order valence-corrected chi connectivity index (χ4v) is 5.34. The number of anilines is 2. The van der Waals surface area contributed by atoms with Crippen molar-refractivity contribution in [2.45, 2.75) is 25.3 Å². The smallest absolute Gasteiger partial charge is 0.343 e. The SMILES string of the molecule is COc1cc(OC)cc(N2C(=O)N(Cc3cc(C)ccc3C)c3ccccc3S2(=O)=O)c1. The van der Waals surface area contributed by atoms with E-state index >= 15 is 0 Å². The fourth-order valence-electron chi connectivity index (χ4n) is 3.76. The maximum atomic E-state index is 13.7. The number of ether oxygens (including phenoxy) is 2. The van der Waals surface area contributed by atoms with Gasteiger partial charge in [0.1, 0.15) is 16.4 Å². The molecule has 0 atom stereocenters. The number of amides is 2. The molecule has 1 heterocycles. The van der Waals surface area contributed by atoms with E-state index in [0.717, 1.165) is 21.0 Å². The zero-order chi connectivity index (χ0) is 23.0. The summed E-state index contributed by atoms with van der Waals surface area (Å²) in [5, 5.41) is 0. The number of rotatable bonds is 5.